The summed E-state index contributed by atoms with van der Waals surface area (Å²) in [7, 11) is 0. The number of hydrogen-bond donors (Lipinski definition) is 0. The molecule has 0 amide bonds. The molecule has 14 heavy (non-hydrogen) atoms. The summed E-state index contributed by atoms with van der Waals surface area (Å²) in [4.78, 5) is 14.9. The van der Waals surface area contributed by atoms with Gasteiger partial charge in [0.1, 0.15) is 6.29 Å². The van der Waals surface area contributed by atoms with Crippen molar-refractivity contribution in [3.63, 3.8) is 0 Å². The zero-order valence-corrected chi connectivity index (χ0v) is 9.08. The molecule has 1 aromatic heterocycles. The van der Waals surface area contributed by atoms with Gasteiger partial charge in [0.05, 0.1) is 0 Å². The van der Waals surface area contributed by atoms with Gasteiger partial charge in [0.15, 0.2) is 0 Å². The van der Waals surface area contributed by atoms with Crippen molar-refractivity contribution in [3.8, 4) is 0 Å². The molecule has 0 aliphatic rings. The largest absolute Gasteiger partial charge is 0.303 e. The van der Waals surface area contributed by atoms with Crippen LogP contribution < -0.4 is 0 Å². The van der Waals surface area contributed by atoms with E-state index in [0.29, 0.717) is 12.3 Å². The Kier molecular flexibility index (Phi) is 3.81. The maximum absolute atomic E-state index is 10.5. The molecule has 1 unspecified atom stereocenters. The summed E-state index contributed by atoms with van der Waals surface area (Å²) in [5.74, 6) is 0.334. The number of aryl methyl sites for hydroxylation is 2. The molecule has 0 radical (unpaired) electrons. The number of pyridine rings is 1. The van der Waals surface area contributed by atoms with Crippen molar-refractivity contribution in [2.75, 3.05) is 0 Å². The van der Waals surface area contributed by atoms with Gasteiger partial charge in [-0.05, 0) is 37.8 Å². The summed E-state index contributed by atoms with van der Waals surface area (Å²) in [5.41, 5.74) is 3.30. The van der Waals surface area contributed by atoms with Crippen molar-refractivity contribution in [1.82, 2.24) is 4.98 Å². The summed E-state index contributed by atoms with van der Waals surface area (Å²) in [6, 6.07) is 4.10. The van der Waals surface area contributed by atoms with E-state index in [-0.39, 0.29) is 0 Å². The zero-order chi connectivity index (χ0) is 10.6. The Morgan fingerprint density at radius 1 is 1.43 bits per heavy atom. The van der Waals surface area contributed by atoms with Crippen molar-refractivity contribution in [2.45, 2.75) is 39.5 Å². The monoisotopic (exact) mass is 191 g/mol. The fraction of sp³-hybridized carbons (Fsp3) is 0.500. The first-order valence-corrected chi connectivity index (χ1v) is 5.06. The summed E-state index contributed by atoms with van der Waals surface area (Å²) >= 11 is 0. The van der Waals surface area contributed by atoms with Crippen LogP contribution in [0.4, 0.5) is 0 Å². The van der Waals surface area contributed by atoms with Crippen molar-refractivity contribution in [2.24, 2.45) is 0 Å². The molecule has 2 nitrogen and oxygen atoms in total. The standard InChI is InChI=1S/C12H17NO/c1-4-11(7-8-14)12-6-5-9(2)13-10(12)3/h5-6,8,11H,4,7H2,1-3H3. The van der Waals surface area contributed by atoms with E-state index in [1.165, 1.54) is 5.56 Å². The molecule has 1 heterocycles. The van der Waals surface area contributed by atoms with E-state index in [2.05, 4.69) is 18.0 Å². The predicted molar refractivity (Wildman–Crippen MR) is 57.4 cm³/mol. The summed E-state index contributed by atoms with van der Waals surface area (Å²) in [6.07, 6.45) is 2.58. The minimum atomic E-state index is 0.334. The Morgan fingerprint density at radius 3 is 2.64 bits per heavy atom. The lowest BCUT2D eigenvalue weighted by atomic mass is 9.92. The van der Waals surface area contributed by atoms with E-state index >= 15 is 0 Å². The van der Waals surface area contributed by atoms with Crippen LogP contribution in [-0.4, -0.2) is 11.3 Å². The van der Waals surface area contributed by atoms with E-state index in [4.69, 9.17) is 0 Å². The fourth-order valence-electron chi connectivity index (χ4n) is 1.76. The first-order chi connectivity index (χ1) is 6.69. The highest BCUT2D eigenvalue weighted by molar-refractivity contribution is 5.52. The van der Waals surface area contributed by atoms with Crippen LogP contribution in [0, 0.1) is 13.8 Å². The maximum Gasteiger partial charge on any atom is 0.120 e. The van der Waals surface area contributed by atoms with Crippen molar-refractivity contribution >= 4 is 6.29 Å². The lowest BCUT2D eigenvalue weighted by Crippen LogP contribution is -2.03. The normalized spacial score (nSPS) is 12.5. The molecule has 0 bridgehead atoms. The average Bonchev–Trinajstić information content (AvgIpc) is 2.15. The number of nitrogens with zero attached hydrogens (tertiary/aromatic N) is 1. The van der Waals surface area contributed by atoms with Gasteiger partial charge in [0.2, 0.25) is 0 Å². The summed E-state index contributed by atoms with van der Waals surface area (Å²) in [6.45, 7) is 6.10. The van der Waals surface area contributed by atoms with Crippen molar-refractivity contribution in [3.05, 3.63) is 29.1 Å². The van der Waals surface area contributed by atoms with Gasteiger partial charge < -0.3 is 4.79 Å². The highest BCUT2D eigenvalue weighted by atomic mass is 16.1. The molecule has 0 saturated heterocycles. The average molecular weight is 191 g/mol. The molecule has 2 heteroatoms. The molecular formula is C12H17NO. The third-order valence-corrected chi connectivity index (χ3v) is 2.58. The van der Waals surface area contributed by atoms with E-state index in [0.717, 1.165) is 24.1 Å². The van der Waals surface area contributed by atoms with E-state index in [1.807, 2.05) is 19.9 Å². The number of carbonyl (C=O) groups is 1. The van der Waals surface area contributed by atoms with Crippen LogP contribution in [0.5, 0.6) is 0 Å². The van der Waals surface area contributed by atoms with Crippen LogP contribution in [0.2, 0.25) is 0 Å². The molecule has 0 aliphatic heterocycles. The Morgan fingerprint density at radius 2 is 2.14 bits per heavy atom. The lowest BCUT2D eigenvalue weighted by Gasteiger charge is -2.14. The SMILES string of the molecule is CCC(CC=O)c1ccc(C)nc1C. The molecule has 1 aromatic rings. The molecule has 0 fully saturated rings. The quantitative estimate of drug-likeness (QED) is 0.685. The molecule has 0 saturated carbocycles. The lowest BCUT2D eigenvalue weighted by molar-refractivity contribution is -0.108. The summed E-state index contributed by atoms with van der Waals surface area (Å²) < 4.78 is 0. The van der Waals surface area contributed by atoms with Crippen molar-refractivity contribution < 1.29 is 4.79 Å². The topological polar surface area (TPSA) is 30.0 Å². The molecule has 1 atom stereocenters. The van der Waals surface area contributed by atoms with Crippen LogP contribution in [0.3, 0.4) is 0 Å². The number of aromatic nitrogens is 1. The molecular weight excluding hydrogens is 174 g/mol. The summed E-state index contributed by atoms with van der Waals surface area (Å²) in [5, 5.41) is 0. The first kappa shape index (κ1) is 10.9. The van der Waals surface area contributed by atoms with Gasteiger partial charge in [-0.2, -0.15) is 0 Å². The Bertz CT molecular complexity index is 320. The predicted octanol–water partition coefficient (Wildman–Crippen LogP) is 2.78. The Balaban J connectivity index is 2.97. The number of hydrogen-bond acceptors (Lipinski definition) is 2. The second kappa shape index (κ2) is 4.89. The van der Waals surface area contributed by atoms with E-state index < -0.39 is 0 Å². The first-order valence-electron chi connectivity index (χ1n) is 5.06. The van der Waals surface area contributed by atoms with Crippen LogP contribution >= 0.6 is 0 Å². The highest BCUT2D eigenvalue weighted by Gasteiger charge is 2.11. The van der Waals surface area contributed by atoms with Gasteiger partial charge >= 0.3 is 0 Å². The van der Waals surface area contributed by atoms with E-state index in [9.17, 15) is 4.79 Å². The Labute approximate surface area is 85.4 Å². The zero-order valence-electron chi connectivity index (χ0n) is 9.08. The third kappa shape index (κ3) is 2.41. The second-order valence-corrected chi connectivity index (χ2v) is 3.63. The van der Waals surface area contributed by atoms with Gasteiger partial charge in [-0.15, -0.1) is 0 Å². The maximum atomic E-state index is 10.5. The van der Waals surface area contributed by atoms with Gasteiger partial charge in [0, 0.05) is 17.8 Å². The molecule has 0 spiro atoms. The van der Waals surface area contributed by atoms with E-state index in [1.54, 1.807) is 0 Å². The van der Waals surface area contributed by atoms with Crippen LogP contribution in [0.25, 0.3) is 0 Å². The highest BCUT2D eigenvalue weighted by Crippen LogP contribution is 2.24. The van der Waals surface area contributed by atoms with Crippen LogP contribution in [0.15, 0.2) is 12.1 Å². The number of rotatable bonds is 4. The van der Waals surface area contributed by atoms with Gasteiger partial charge in [0.25, 0.3) is 0 Å². The second-order valence-electron chi connectivity index (χ2n) is 3.63. The molecule has 1 rings (SSSR count). The minimum Gasteiger partial charge on any atom is -0.303 e. The Hall–Kier alpha value is -1.18. The molecule has 76 valence electrons. The van der Waals surface area contributed by atoms with Gasteiger partial charge in [-0.3, -0.25) is 4.98 Å². The van der Waals surface area contributed by atoms with Crippen molar-refractivity contribution in [1.29, 1.82) is 0 Å². The molecule has 0 aromatic carbocycles. The smallest absolute Gasteiger partial charge is 0.120 e. The third-order valence-electron chi connectivity index (χ3n) is 2.58. The molecule has 0 N–H and O–H groups in total. The van der Waals surface area contributed by atoms with Crippen LogP contribution in [0.1, 0.15) is 42.6 Å². The van der Waals surface area contributed by atoms with Gasteiger partial charge in [-0.25, -0.2) is 0 Å². The molecule has 0 aliphatic carbocycles. The van der Waals surface area contributed by atoms with Gasteiger partial charge in [-0.1, -0.05) is 13.0 Å². The number of aldehydes is 1. The minimum absolute atomic E-state index is 0.334. The number of carbonyl (C=O) groups excluding carboxylic acids is 1. The van der Waals surface area contributed by atoms with Crippen LogP contribution in [-0.2, 0) is 4.79 Å². The fourth-order valence-corrected chi connectivity index (χ4v) is 1.76.